The molecule has 3 rings (SSSR count). The van der Waals surface area contributed by atoms with E-state index in [0.29, 0.717) is 28.9 Å². The zero-order valence-corrected chi connectivity index (χ0v) is 12.2. The molecule has 21 heavy (non-hydrogen) atoms. The number of rotatable bonds is 3. The molecule has 3 aromatic rings. The normalized spacial score (nSPS) is 11.2. The summed E-state index contributed by atoms with van der Waals surface area (Å²) in [6.45, 7) is 1.69. The first-order chi connectivity index (χ1) is 10.1. The fourth-order valence-corrected chi connectivity index (χ4v) is 2.58. The number of hydrogen-bond donors (Lipinski definition) is 0. The molecule has 0 radical (unpaired) electrons. The van der Waals surface area contributed by atoms with Crippen molar-refractivity contribution in [3.63, 3.8) is 0 Å². The van der Waals surface area contributed by atoms with Crippen LogP contribution in [0.4, 0.5) is 8.78 Å². The van der Waals surface area contributed by atoms with Crippen LogP contribution in [0.3, 0.4) is 0 Å². The Bertz CT molecular complexity index is 811. The molecule has 0 fully saturated rings. The predicted molar refractivity (Wildman–Crippen MR) is 80.1 cm³/mol. The number of fused-ring (bicyclic) bond motifs is 1. The van der Waals surface area contributed by atoms with E-state index >= 15 is 0 Å². The van der Waals surface area contributed by atoms with Gasteiger partial charge in [0.1, 0.15) is 17.5 Å². The third-order valence-corrected chi connectivity index (χ3v) is 3.59. The summed E-state index contributed by atoms with van der Waals surface area (Å²) in [5.41, 5.74) is 2.63. The summed E-state index contributed by atoms with van der Waals surface area (Å²) in [6.07, 6.45) is 0.550. The Labute approximate surface area is 126 Å². The molecule has 0 bridgehead atoms. The van der Waals surface area contributed by atoms with Crippen molar-refractivity contribution in [1.29, 1.82) is 0 Å². The maximum atomic E-state index is 13.5. The van der Waals surface area contributed by atoms with Crippen LogP contribution in [0.25, 0.3) is 16.7 Å². The highest BCUT2D eigenvalue weighted by Gasteiger charge is 2.13. The molecule has 0 unspecified atom stereocenters. The molecule has 1 heterocycles. The van der Waals surface area contributed by atoms with Gasteiger partial charge in [-0.1, -0.05) is 0 Å². The first-order valence-electron chi connectivity index (χ1n) is 6.59. The van der Waals surface area contributed by atoms with Crippen molar-refractivity contribution in [3.05, 3.63) is 59.4 Å². The molecule has 2 nitrogen and oxygen atoms in total. The van der Waals surface area contributed by atoms with Crippen LogP contribution in [-0.4, -0.2) is 15.4 Å². The first-order valence-corrected chi connectivity index (χ1v) is 7.13. The van der Waals surface area contributed by atoms with Crippen LogP contribution in [-0.2, 0) is 6.42 Å². The molecule has 108 valence electrons. The molecule has 0 atom stereocenters. The summed E-state index contributed by atoms with van der Waals surface area (Å²) in [5, 5.41) is 0. The van der Waals surface area contributed by atoms with E-state index in [1.165, 1.54) is 18.2 Å². The summed E-state index contributed by atoms with van der Waals surface area (Å²) in [5.74, 6) is 0.538. The molecule has 1 aromatic heterocycles. The molecule has 0 amide bonds. The highest BCUT2D eigenvalue weighted by molar-refractivity contribution is 6.17. The number of imidazole rings is 1. The fraction of sp³-hybridized carbons (Fsp3) is 0.188. The topological polar surface area (TPSA) is 17.8 Å². The molecule has 0 saturated carbocycles. The Morgan fingerprint density at radius 2 is 1.95 bits per heavy atom. The Balaban J connectivity index is 2.29. The Hall–Kier alpha value is -1.94. The number of aryl methyl sites for hydroxylation is 2. The second-order valence-electron chi connectivity index (χ2n) is 4.87. The van der Waals surface area contributed by atoms with Crippen molar-refractivity contribution in [2.45, 2.75) is 13.3 Å². The lowest BCUT2D eigenvalue weighted by atomic mass is 10.2. The number of alkyl halides is 1. The molecule has 0 saturated heterocycles. The monoisotopic (exact) mass is 306 g/mol. The van der Waals surface area contributed by atoms with E-state index in [0.717, 1.165) is 11.5 Å². The third kappa shape index (κ3) is 2.51. The fourth-order valence-electron chi connectivity index (χ4n) is 2.41. The molecule has 0 aliphatic heterocycles. The average Bonchev–Trinajstić information content (AvgIpc) is 2.80. The van der Waals surface area contributed by atoms with Gasteiger partial charge >= 0.3 is 0 Å². The van der Waals surface area contributed by atoms with Crippen LogP contribution in [0, 0.1) is 18.6 Å². The summed E-state index contributed by atoms with van der Waals surface area (Å²) < 4.78 is 28.8. The molecular formula is C16H13ClF2N2. The largest absolute Gasteiger partial charge is 0.296 e. The molecule has 0 aliphatic rings. The van der Waals surface area contributed by atoms with Crippen molar-refractivity contribution >= 4 is 22.6 Å². The van der Waals surface area contributed by atoms with E-state index in [1.54, 1.807) is 25.1 Å². The molecule has 0 aliphatic carbocycles. The van der Waals surface area contributed by atoms with E-state index in [1.807, 2.05) is 4.57 Å². The van der Waals surface area contributed by atoms with E-state index in [-0.39, 0.29) is 11.6 Å². The number of halogens is 3. The summed E-state index contributed by atoms with van der Waals surface area (Å²) in [6, 6.07) is 9.22. The predicted octanol–water partition coefficient (Wildman–Crippen LogP) is 4.39. The van der Waals surface area contributed by atoms with Gasteiger partial charge in [-0.2, -0.15) is 0 Å². The van der Waals surface area contributed by atoms with Gasteiger partial charge in [-0.25, -0.2) is 13.8 Å². The zero-order valence-electron chi connectivity index (χ0n) is 11.4. The minimum Gasteiger partial charge on any atom is -0.296 e. The van der Waals surface area contributed by atoms with Gasteiger partial charge in [0, 0.05) is 24.1 Å². The second kappa shape index (κ2) is 5.45. The van der Waals surface area contributed by atoms with Crippen LogP contribution >= 0.6 is 11.6 Å². The van der Waals surface area contributed by atoms with E-state index in [4.69, 9.17) is 11.6 Å². The van der Waals surface area contributed by atoms with Gasteiger partial charge in [-0.05, 0) is 42.8 Å². The maximum absolute atomic E-state index is 13.5. The van der Waals surface area contributed by atoms with Crippen molar-refractivity contribution in [3.8, 4) is 5.69 Å². The maximum Gasteiger partial charge on any atom is 0.126 e. The quantitative estimate of drug-likeness (QED) is 0.656. The zero-order chi connectivity index (χ0) is 15.0. The van der Waals surface area contributed by atoms with Gasteiger partial charge in [-0.15, -0.1) is 11.6 Å². The molecular weight excluding hydrogens is 294 g/mol. The van der Waals surface area contributed by atoms with Crippen LogP contribution in [0.2, 0.25) is 0 Å². The Morgan fingerprint density at radius 3 is 2.67 bits per heavy atom. The van der Waals surface area contributed by atoms with Crippen molar-refractivity contribution in [2.24, 2.45) is 0 Å². The molecule has 0 N–H and O–H groups in total. The van der Waals surface area contributed by atoms with Crippen LogP contribution in [0.5, 0.6) is 0 Å². The van der Waals surface area contributed by atoms with Crippen molar-refractivity contribution in [1.82, 2.24) is 9.55 Å². The van der Waals surface area contributed by atoms with Gasteiger partial charge in [0.2, 0.25) is 0 Å². The second-order valence-corrected chi connectivity index (χ2v) is 5.25. The number of hydrogen-bond acceptors (Lipinski definition) is 1. The average molecular weight is 307 g/mol. The Morgan fingerprint density at radius 1 is 1.14 bits per heavy atom. The SMILES string of the molecule is Cc1cc(-n2c(CCCl)nc3ccc(F)cc32)ccc1F. The number of nitrogens with zero attached hydrogens (tertiary/aromatic N) is 2. The Kier molecular flexibility index (Phi) is 3.64. The lowest BCUT2D eigenvalue weighted by Crippen LogP contribution is -2.03. The lowest BCUT2D eigenvalue weighted by molar-refractivity contribution is 0.618. The number of benzene rings is 2. The van der Waals surface area contributed by atoms with Gasteiger partial charge in [0.15, 0.2) is 0 Å². The smallest absolute Gasteiger partial charge is 0.126 e. The van der Waals surface area contributed by atoms with Crippen LogP contribution < -0.4 is 0 Å². The van der Waals surface area contributed by atoms with E-state index in [9.17, 15) is 8.78 Å². The van der Waals surface area contributed by atoms with E-state index in [2.05, 4.69) is 4.98 Å². The van der Waals surface area contributed by atoms with Gasteiger partial charge in [-0.3, -0.25) is 4.57 Å². The van der Waals surface area contributed by atoms with Crippen LogP contribution in [0.15, 0.2) is 36.4 Å². The highest BCUT2D eigenvalue weighted by atomic mass is 35.5. The third-order valence-electron chi connectivity index (χ3n) is 3.40. The summed E-state index contributed by atoms with van der Waals surface area (Å²) in [4.78, 5) is 4.49. The molecule has 2 aromatic carbocycles. The minimum absolute atomic E-state index is 0.270. The summed E-state index contributed by atoms with van der Waals surface area (Å²) >= 11 is 5.82. The van der Waals surface area contributed by atoms with Crippen molar-refractivity contribution < 1.29 is 8.78 Å². The molecule has 0 spiro atoms. The van der Waals surface area contributed by atoms with Crippen molar-refractivity contribution in [2.75, 3.05) is 5.88 Å². The van der Waals surface area contributed by atoms with Gasteiger partial charge < -0.3 is 0 Å². The van der Waals surface area contributed by atoms with Gasteiger partial charge in [0.25, 0.3) is 0 Å². The highest BCUT2D eigenvalue weighted by Crippen LogP contribution is 2.24. The number of aromatic nitrogens is 2. The van der Waals surface area contributed by atoms with Crippen LogP contribution in [0.1, 0.15) is 11.4 Å². The van der Waals surface area contributed by atoms with Gasteiger partial charge in [0.05, 0.1) is 11.0 Å². The lowest BCUT2D eigenvalue weighted by Gasteiger charge is -2.10. The van der Waals surface area contributed by atoms with E-state index < -0.39 is 0 Å². The molecule has 5 heteroatoms. The first kappa shape index (κ1) is 14.0. The standard InChI is InChI=1S/C16H13ClF2N2/c1-10-8-12(3-4-13(10)19)21-15-9-11(18)2-5-14(15)20-16(21)6-7-17/h2-5,8-9H,6-7H2,1H3. The minimum atomic E-state index is -0.333. The summed E-state index contributed by atoms with van der Waals surface area (Å²) in [7, 11) is 0.